The molecule has 3 heterocycles. The molecule has 3 aromatic heterocycles. The zero-order chi connectivity index (χ0) is 20.3. The van der Waals surface area contributed by atoms with Crippen LogP contribution in [0.2, 0.25) is 0 Å². The van der Waals surface area contributed by atoms with Gasteiger partial charge in [-0.2, -0.15) is 15.0 Å². The fraction of sp³-hybridized carbons (Fsp3) is 0.294. The molecule has 2 N–H and O–H groups in total. The minimum absolute atomic E-state index is 0.0642. The summed E-state index contributed by atoms with van der Waals surface area (Å²) in [6.45, 7) is 1.63. The van der Waals surface area contributed by atoms with Gasteiger partial charge in [0, 0.05) is 14.1 Å². The highest BCUT2D eigenvalue weighted by atomic mass is 32.2. The van der Waals surface area contributed by atoms with Crippen molar-refractivity contribution < 1.29 is 9.53 Å². The Hall–Kier alpha value is -2.79. The van der Waals surface area contributed by atoms with Crippen LogP contribution in [-0.2, 0) is 11.3 Å². The summed E-state index contributed by atoms with van der Waals surface area (Å²) in [6, 6.07) is 3.87. The van der Waals surface area contributed by atoms with E-state index in [1.54, 1.807) is 37.3 Å². The topological polar surface area (TPSA) is 120 Å². The molecule has 28 heavy (non-hydrogen) atoms. The van der Waals surface area contributed by atoms with Crippen molar-refractivity contribution in [1.29, 1.82) is 0 Å². The smallest absolute Gasteiger partial charge is 0.343 e. The SMILES string of the molecule is CSc1nc(-c2cccs2)nc(C)c1C(=O)OCc1nc(N)nc(N(C)C)n1. The molecule has 0 radical (unpaired) electrons. The standard InChI is InChI=1S/C17H19N7O2S2/c1-9-12(14(27-4)22-13(19-9)10-6-5-7-28-10)15(25)26-8-11-20-16(18)23-17(21-11)24(2)3/h5-7H,8H2,1-4H3,(H2,18,20,21,23). The fourth-order valence-electron chi connectivity index (χ4n) is 2.34. The fourth-order valence-corrected chi connectivity index (χ4v) is 3.61. The molecule has 0 aromatic carbocycles. The van der Waals surface area contributed by atoms with Gasteiger partial charge in [-0.05, 0) is 24.6 Å². The summed E-state index contributed by atoms with van der Waals surface area (Å²) < 4.78 is 5.40. The Kier molecular flexibility index (Phi) is 6.05. The quantitative estimate of drug-likeness (QED) is 0.364. The van der Waals surface area contributed by atoms with E-state index >= 15 is 0 Å². The van der Waals surface area contributed by atoms with Crippen molar-refractivity contribution in [3.05, 3.63) is 34.6 Å². The highest BCUT2D eigenvalue weighted by Crippen LogP contribution is 2.27. The van der Waals surface area contributed by atoms with Crippen molar-refractivity contribution in [2.24, 2.45) is 0 Å². The number of thiophene rings is 1. The monoisotopic (exact) mass is 417 g/mol. The molecule has 0 unspecified atom stereocenters. The van der Waals surface area contributed by atoms with Gasteiger partial charge in [0.1, 0.15) is 10.6 Å². The van der Waals surface area contributed by atoms with Crippen LogP contribution in [0.3, 0.4) is 0 Å². The zero-order valence-electron chi connectivity index (χ0n) is 15.8. The van der Waals surface area contributed by atoms with Gasteiger partial charge in [0.05, 0.1) is 10.6 Å². The van der Waals surface area contributed by atoms with Crippen LogP contribution >= 0.6 is 23.1 Å². The zero-order valence-corrected chi connectivity index (χ0v) is 17.5. The number of carbonyl (C=O) groups is 1. The van der Waals surface area contributed by atoms with Crippen molar-refractivity contribution >= 4 is 41.0 Å². The molecule has 0 saturated heterocycles. The number of esters is 1. The second-order valence-electron chi connectivity index (χ2n) is 5.87. The third kappa shape index (κ3) is 4.37. The van der Waals surface area contributed by atoms with Crippen LogP contribution in [0.4, 0.5) is 11.9 Å². The Morgan fingerprint density at radius 1 is 1.25 bits per heavy atom. The van der Waals surface area contributed by atoms with Crippen molar-refractivity contribution in [3.8, 4) is 10.7 Å². The number of hydrogen-bond acceptors (Lipinski definition) is 11. The van der Waals surface area contributed by atoms with Crippen molar-refractivity contribution in [3.63, 3.8) is 0 Å². The van der Waals surface area contributed by atoms with Gasteiger partial charge in [-0.3, -0.25) is 0 Å². The maximum atomic E-state index is 12.7. The molecule has 0 amide bonds. The molecule has 146 valence electrons. The second kappa shape index (κ2) is 8.48. The first-order chi connectivity index (χ1) is 13.4. The average Bonchev–Trinajstić information content (AvgIpc) is 3.19. The van der Waals surface area contributed by atoms with Crippen molar-refractivity contribution in [2.75, 3.05) is 31.0 Å². The van der Waals surface area contributed by atoms with E-state index in [9.17, 15) is 4.79 Å². The molecule has 0 bridgehead atoms. The van der Waals surface area contributed by atoms with E-state index in [0.717, 1.165) is 4.88 Å². The number of rotatable bonds is 6. The van der Waals surface area contributed by atoms with Gasteiger partial charge in [0.25, 0.3) is 0 Å². The lowest BCUT2D eigenvalue weighted by atomic mass is 10.2. The van der Waals surface area contributed by atoms with E-state index in [1.165, 1.54) is 11.8 Å². The lowest BCUT2D eigenvalue weighted by Gasteiger charge is -2.13. The lowest BCUT2D eigenvalue weighted by Crippen LogP contribution is -2.17. The number of hydrogen-bond donors (Lipinski definition) is 1. The Balaban J connectivity index is 1.83. The summed E-state index contributed by atoms with van der Waals surface area (Å²) in [4.78, 5) is 36.6. The number of thioether (sulfide) groups is 1. The number of anilines is 2. The molecule has 11 heteroatoms. The van der Waals surface area contributed by atoms with E-state index in [0.29, 0.717) is 28.1 Å². The molecule has 0 aliphatic carbocycles. The minimum Gasteiger partial charge on any atom is -0.454 e. The molecule has 0 fully saturated rings. The predicted molar refractivity (Wildman–Crippen MR) is 110 cm³/mol. The summed E-state index contributed by atoms with van der Waals surface area (Å²) in [7, 11) is 3.57. The summed E-state index contributed by atoms with van der Waals surface area (Å²) in [5.41, 5.74) is 6.58. The Morgan fingerprint density at radius 2 is 2.04 bits per heavy atom. The van der Waals surface area contributed by atoms with Crippen LogP contribution in [0.1, 0.15) is 21.9 Å². The number of nitrogens with zero attached hydrogens (tertiary/aromatic N) is 6. The molecular formula is C17H19N7O2S2. The number of nitrogen functional groups attached to an aromatic ring is 1. The second-order valence-corrected chi connectivity index (χ2v) is 7.62. The summed E-state index contributed by atoms with van der Waals surface area (Å²) in [5, 5.41) is 2.52. The van der Waals surface area contributed by atoms with Crippen LogP contribution in [0.25, 0.3) is 10.7 Å². The average molecular weight is 418 g/mol. The Morgan fingerprint density at radius 3 is 2.68 bits per heavy atom. The Bertz CT molecular complexity index is 993. The molecular weight excluding hydrogens is 398 g/mol. The number of carbonyl (C=O) groups excluding carboxylic acids is 1. The number of aryl methyl sites for hydroxylation is 1. The van der Waals surface area contributed by atoms with Crippen LogP contribution in [0, 0.1) is 6.92 Å². The molecule has 0 aliphatic heterocycles. The summed E-state index contributed by atoms with van der Waals surface area (Å²) in [5.74, 6) is 0.779. The molecule has 9 nitrogen and oxygen atoms in total. The molecule has 0 aliphatic rings. The molecule has 3 rings (SSSR count). The van der Waals surface area contributed by atoms with Gasteiger partial charge in [-0.25, -0.2) is 14.8 Å². The van der Waals surface area contributed by atoms with Gasteiger partial charge in [0.2, 0.25) is 11.9 Å². The van der Waals surface area contributed by atoms with Gasteiger partial charge in [0.15, 0.2) is 18.3 Å². The van der Waals surface area contributed by atoms with Crippen molar-refractivity contribution in [1.82, 2.24) is 24.9 Å². The highest BCUT2D eigenvalue weighted by molar-refractivity contribution is 7.98. The normalized spacial score (nSPS) is 10.7. The summed E-state index contributed by atoms with van der Waals surface area (Å²) in [6.07, 6.45) is 1.85. The first kappa shape index (κ1) is 20.0. The van der Waals surface area contributed by atoms with Crippen LogP contribution in [0.15, 0.2) is 22.5 Å². The number of aromatic nitrogens is 5. The van der Waals surface area contributed by atoms with Crippen LogP contribution < -0.4 is 10.6 Å². The van der Waals surface area contributed by atoms with E-state index in [2.05, 4.69) is 24.9 Å². The molecule has 0 spiro atoms. The van der Waals surface area contributed by atoms with Gasteiger partial charge in [-0.15, -0.1) is 23.1 Å². The maximum Gasteiger partial charge on any atom is 0.343 e. The van der Waals surface area contributed by atoms with Gasteiger partial charge < -0.3 is 15.4 Å². The first-order valence-electron chi connectivity index (χ1n) is 8.20. The van der Waals surface area contributed by atoms with Crippen molar-refractivity contribution in [2.45, 2.75) is 18.6 Å². The van der Waals surface area contributed by atoms with Crippen LogP contribution in [-0.4, -0.2) is 51.2 Å². The van der Waals surface area contributed by atoms with Crippen LogP contribution in [0.5, 0.6) is 0 Å². The predicted octanol–water partition coefficient (Wildman–Crippen LogP) is 2.43. The third-order valence-corrected chi connectivity index (χ3v) is 5.16. The largest absolute Gasteiger partial charge is 0.454 e. The number of nitrogens with two attached hydrogens (primary N) is 1. The lowest BCUT2D eigenvalue weighted by molar-refractivity contribution is 0.0455. The third-order valence-electron chi connectivity index (χ3n) is 3.62. The van der Waals surface area contributed by atoms with E-state index in [1.807, 2.05) is 23.8 Å². The van der Waals surface area contributed by atoms with E-state index < -0.39 is 5.97 Å². The number of ether oxygens (including phenoxy) is 1. The Labute approximate surface area is 170 Å². The maximum absolute atomic E-state index is 12.7. The molecule has 0 atom stereocenters. The minimum atomic E-state index is -0.537. The summed E-state index contributed by atoms with van der Waals surface area (Å²) >= 11 is 2.91. The van der Waals surface area contributed by atoms with E-state index in [-0.39, 0.29) is 18.4 Å². The first-order valence-corrected chi connectivity index (χ1v) is 10.3. The van der Waals surface area contributed by atoms with Gasteiger partial charge >= 0.3 is 5.97 Å². The molecule has 3 aromatic rings. The van der Waals surface area contributed by atoms with E-state index in [4.69, 9.17) is 10.5 Å². The van der Waals surface area contributed by atoms with Gasteiger partial charge in [-0.1, -0.05) is 6.07 Å². The highest BCUT2D eigenvalue weighted by Gasteiger charge is 2.21. The molecule has 0 saturated carbocycles.